The van der Waals surface area contributed by atoms with Crippen molar-refractivity contribution in [1.29, 1.82) is 0 Å². The van der Waals surface area contributed by atoms with Crippen LogP contribution >= 0.6 is 39.0 Å². The molecule has 1 aromatic carbocycles. The van der Waals surface area contributed by atoms with Crippen molar-refractivity contribution in [3.8, 4) is 0 Å². The summed E-state index contributed by atoms with van der Waals surface area (Å²) in [5.41, 5.74) is 1.06. The number of aromatic nitrogens is 1. The molecule has 2 nitrogen and oxygen atoms in total. The van der Waals surface area contributed by atoms with E-state index >= 15 is 0 Å². The van der Waals surface area contributed by atoms with Gasteiger partial charge in [-0.25, -0.2) is 4.98 Å². The molecule has 0 bridgehead atoms. The van der Waals surface area contributed by atoms with Gasteiger partial charge in [-0.3, -0.25) is 0 Å². The lowest BCUT2D eigenvalue weighted by Crippen LogP contribution is -2.25. The summed E-state index contributed by atoms with van der Waals surface area (Å²) in [5.74, 6) is 0. The summed E-state index contributed by atoms with van der Waals surface area (Å²) < 4.78 is 2.55. The third-order valence-corrected chi connectivity index (χ3v) is 5.29. The summed E-state index contributed by atoms with van der Waals surface area (Å²) in [6, 6.07) is 6.18. The first-order valence-corrected chi connectivity index (χ1v) is 8.19. The Kier molecular flexibility index (Phi) is 4.00. The number of fused-ring (bicyclic) bond motifs is 1. The predicted octanol–water partition coefficient (Wildman–Crippen LogP) is 4.61. The number of nitrogens with one attached hydrogen (secondary N) is 1. The SMILES string of the molecule is CSC(C)(C)CNc1nc2ccc(Br)cc2s1. The maximum Gasteiger partial charge on any atom is 0.183 e. The third-order valence-electron chi connectivity index (χ3n) is 2.57. The number of thioether (sulfide) groups is 1. The second-order valence-electron chi connectivity index (χ2n) is 4.45. The number of nitrogens with zero attached hydrogens (tertiary/aromatic N) is 1. The maximum atomic E-state index is 4.57. The molecular weight excluding hydrogens is 316 g/mol. The van der Waals surface area contributed by atoms with Crippen molar-refractivity contribution >= 4 is 54.4 Å². The summed E-state index contributed by atoms with van der Waals surface area (Å²) >= 11 is 7.04. The van der Waals surface area contributed by atoms with Crippen LogP contribution in [0.2, 0.25) is 0 Å². The molecule has 1 heterocycles. The molecule has 2 aromatic rings. The predicted molar refractivity (Wildman–Crippen MR) is 83.4 cm³/mol. The number of hydrogen-bond donors (Lipinski definition) is 1. The lowest BCUT2D eigenvalue weighted by molar-refractivity contribution is 0.752. The molecule has 0 aliphatic heterocycles. The van der Waals surface area contributed by atoms with Gasteiger partial charge in [0.1, 0.15) is 0 Å². The molecule has 0 saturated heterocycles. The van der Waals surface area contributed by atoms with Gasteiger partial charge in [-0.2, -0.15) is 11.8 Å². The van der Waals surface area contributed by atoms with Gasteiger partial charge in [-0.05, 0) is 38.3 Å². The molecule has 5 heteroatoms. The summed E-state index contributed by atoms with van der Waals surface area (Å²) in [4.78, 5) is 4.57. The highest BCUT2D eigenvalue weighted by Crippen LogP contribution is 2.29. The van der Waals surface area contributed by atoms with Gasteiger partial charge in [0.25, 0.3) is 0 Å². The molecule has 1 aromatic heterocycles. The molecule has 0 radical (unpaired) electrons. The van der Waals surface area contributed by atoms with Gasteiger partial charge in [-0.15, -0.1) is 0 Å². The van der Waals surface area contributed by atoms with E-state index in [4.69, 9.17) is 0 Å². The zero-order valence-electron chi connectivity index (χ0n) is 10.1. The topological polar surface area (TPSA) is 24.9 Å². The first kappa shape index (κ1) is 13.2. The summed E-state index contributed by atoms with van der Waals surface area (Å²) in [5, 5.41) is 4.42. The Balaban J connectivity index is 2.15. The van der Waals surface area contributed by atoms with E-state index in [0.717, 1.165) is 21.7 Å². The fourth-order valence-corrected chi connectivity index (χ4v) is 2.96. The van der Waals surface area contributed by atoms with Gasteiger partial charge in [-0.1, -0.05) is 27.3 Å². The maximum absolute atomic E-state index is 4.57. The molecule has 0 aliphatic carbocycles. The molecule has 0 saturated carbocycles. The van der Waals surface area contributed by atoms with Crippen molar-refractivity contribution in [2.24, 2.45) is 0 Å². The highest BCUT2D eigenvalue weighted by molar-refractivity contribution is 9.10. The van der Waals surface area contributed by atoms with Gasteiger partial charge >= 0.3 is 0 Å². The Morgan fingerprint density at radius 1 is 1.47 bits per heavy atom. The minimum Gasteiger partial charge on any atom is -0.360 e. The van der Waals surface area contributed by atoms with Crippen LogP contribution in [0.15, 0.2) is 22.7 Å². The normalized spacial score (nSPS) is 12.0. The smallest absolute Gasteiger partial charge is 0.183 e. The summed E-state index contributed by atoms with van der Waals surface area (Å²) in [7, 11) is 0. The lowest BCUT2D eigenvalue weighted by Gasteiger charge is -2.21. The number of hydrogen-bond acceptors (Lipinski definition) is 4. The monoisotopic (exact) mass is 330 g/mol. The summed E-state index contributed by atoms with van der Waals surface area (Å²) in [6.07, 6.45) is 2.14. The van der Waals surface area contributed by atoms with Crippen LogP contribution in [0.25, 0.3) is 10.2 Å². The van der Waals surface area contributed by atoms with Crippen molar-refractivity contribution in [3.05, 3.63) is 22.7 Å². The second kappa shape index (κ2) is 5.16. The van der Waals surface area contributed by atoms with E-state index in [1.807, 2.05) is 23.9 Å². The zero-order chi connectivity index (χ0) is 12.5. The molecule has 0 amide bonds. The Morgan fingerprint density at radius 3 is 2.94 bits per heavy atom. The lowest BCUT2D eigenvalue weighted by atomic mass is 10.2. The van der Waals surface area contributed by atoms with Crippen molar-refractivity contribution in [2.45, 2.75) is 18.6 Å². The fraction of sp³-hybridized carbons (Fsp3) is 0.417. The second-order valence-corrected chi connectivity index (χ2v) is 7.91. The number of rotatable bonds is 4. The quantitative estimate of drug-likeness (QED) is 0.885. The molecule has 2 rings (SSSR count). The first-order valence-electron chi connectivity index (χ1n) is 5.35. The molecule has 0 unspecified atom stereocenters. The number of thiazole rings is 1. The summed E-state index contributed by atoms with van der Waals surface area (Å²) in [6.45, 7) is 5.39. The average molecular weight is 331 g/mol. The number of benzene rings is 1. The van der Waals surface area contributed by atoms with E-state index in [1.54, 1.807) is 11.3 Å². The standard InChI is InChI=1S/C12H15BrN2S2/c1-12(2,16-3)7-14-11-15-9-5-4-8(13)6-10(9)17-11/h4-6H,7H2,1-3H3,(H,14,15). The number of anilines is 1. The highest BCUT2D eigenvalue weighted by atomic mass is 79.9. The van der Waals surface area contributed by atoms with Crippen LogP contribution in [0.1, 0.15) is 13.8 Å². The van der Waals surface area contributed by atoms with Crippen molar-refractivity contribution < 1.29 is 0 Å². The van der Waals surface area contributed by atoms with E-state index in [2.05, 4.69) is 52.4 Å². The third kappa shape index (κ3) is 3.36. The van der Waals surface area contributed by atoms with Crippen LogP contribution in [0.4, 0.5) is 5.13 Å². The van der Waals surface area contributed by atoms with Crippen LogP contribution < -0.4 is 5.32 Å². The average Bonchev–Trinajstić information content (AvgIpc) is 2.68. The van der Waals surface area contributed by atoms with Gasteiger partial charge in [0.15, 0.2) is 5.13 Å². The van der Waals surface area contributed by atoms with Crippen LogP contribution in [-0.2, 0) is 0 Å². The largest absolute Gasteiger partial charge is 0.360 e. The van der Waals surface area contributed by atoms with Gasteiger partial charge in [0, 0.05) is 15.8 Å². The Hall–Kier alpha value is -0.260. The van der Waals surface area contributed by atoms with Crippen LogP contribution in [-0.4, -0.2) is 22.5 Å². The van der Waals surface area contributed by atoms with Crippen molar-refractivity contribution in [2.75, 3.05) is 18.1 Å². The highest BCUT2D eigenvalue weighted by Gasteiger charge is 2.16. The van der Waals surface area contributed by atoms with Crippen molar-refractivity contribution in [1.82, 2.24) is 4.98 Å². The van der Waals surface area contributed by atoms with E-state index in [0.29, 0.717) is 0 Å². The Morgan fingerprint density at radius 2 is 2.24 bits per heavy atom. The molecule has 92 valence electrons. The molecule has 0 atom stereocenters. The molecule has 1 N–H and O–H groups in total. The fourth-order valence-electron chi connectivity index (χ4n) is 1.33. The number of halogens is 1. The van der Waals surface area contributed by atoms with Gasteiger partial charge < -0.3 is 5.32 Å². The zero-order valence-corrected chi connectivity index (χ0v) is 13.3. The van der Waals surface area contributed by atoms with E-state index < -0.39 is 0 Å². The molecular formula is C12H15BrN2S2. The van der Waals surface area contributed by atoms with Crippen LogP contribution in [0.3, 0.4) is 0 Å². The molecule has 0 aliphatic rings. The van der Waals surface area contributed by atoms with Gasteiger partial charge in [0.2, 0.25) is 0 Å². The van der Waals surface area contributed by atoms with E-state index in [9.17, 15) is 0 Å². The minimum absolute atomic E-state index is 0.235. The van der Waals surface area contributed by atoms with E-state index in [1.165, 1.54) is 4.70 Å². The molecule has 17 heavy (non-hydrogen) atoms. The Labute approximate surface area is 118 Å². The first-order chi connectivity index (χ1) is 8.00. The molecule has 0 fully saturated rings. The molecule has 0 spiro atoms. The van der Waals surface area contributed by atoms with Crippen LogP contribution in [0, 0.1) is 0 Å². The Bertz CT molecular complexity index is 522. The van der Waals surface area contributed by atoms with Crippen molar-refractivity contribution in [3.63, 3.8) is 0 Å². The van der Waals surface area contributed by atoms with Gasteiger partial charge in [0.05, 0.1) is 10.2 Å². The minimum atomic E-state index is 0.235. The van der Waals surface area contributed by atoms with Crippen LogP contribution in [0.5, 0.6) is 0 Å². The van der Waals surface area contributed by atoms with E-state index in [-0.39, 0.29) is 4.75 Å².